The summed E-state index contributed by atoms with van der Waals surface area (Å²) < 4.78 is 0. The van der Waals surface area contributed by atoms with Gasteiger partial charge in [0.15, 0.2) is 0 Å². The summed E-state index contributed by atoms with van der Waals surface area (Å²) in [6.45, 7) is 6.91. The van der Waals surface area contributed by atoms with Crippen molar-refractivity contribution in [1.29, 1.82) is 0 Å². The van der Waals surface area contributed by atoms with Crippen molar-refractivity contribution in [3.05, 3.63) is 35.4 Å². The van der Waals surface area contributed by atoms with Crippen molar-refractivity contribution in [3.8, 4) is 0 Å². The minimum absolute atomic E-state index is 0.729. The van der Waals surface area contributed by atoms with E-state index in [1.54, 1.807) is 0 Å². The van der Waals surface area contributed by atoms with E-state index in [0.29, 0.717) is 0 Å². The highest BCUT2D eigenvalue weighted by atomic mass is 15.2. The van der Waals surface area contributed by atoms with Gasteiger partial charge in [0.1, 0.15) is 0 Å². The summed E-state index contributed by atoms with van der Waals surface area (Å²) in [5.74, 6) is 0. The molecule has 1 heteroatoms. The molecular formula is C13H19N. The van der Waals surface area contributed by atoms with Gasteiger partial charge in [-0.3, -0.25) is 4.90 Å². The summed E-state index contributed by atoms with van der Waals surface area (Å²) in [7, 11) is 0. The summed E-state index contributed by atoms with van der Waals surface area (Å²) in [5, 5.41) is 0. The van der Waals surface area contributed by atoms with Crippen LogP contribution in [0.3, 0.4) is 0 Å². The van der Waals surface area contributed by atoms with Crippen molar-refractivity contribution in [2.24, 2.45) is 0 Å². The number of benzene rings is 1. The Morgan fingerprint density at radius 2 is 1.79 bits per heavy atom. The molecule has 0 aromatic heterocycles. The highest BCUT2D eigenvalue weighted by molar-refractivity contribution is 5.30. The van der Waals surface area contributed by atoms with Gasteiger partial charge in [0.2, 0.25) is 0 Å². The van der Waals surface area contributed by atoms with Crippen molar-refractivity contribution >= 4 is 0 Å². The Morgan fingerprint density at radius 3 is 2.29 bits per heavy atom. The maximum atomic E-state index is 2.58. The summed E-state index contributed by atoms with van der Waals surface area (Å²) in [6.07, 6.45) is 2.60. The molecule has 0 spiro atoms. The zero-order valence-corrected chi connectivity index (χ0v) is 9.16. The van der Waals surface area contributed by atoms with E-state index in [1.165, 1.54) is 24.0 Å². The molecule has 1 aliphatic rings. The largest absolute Gasteiger partial charge is 0.292 e. The molecule has 1 aliphatic heterocycles. The molecule has 1 aromatic rings. The summed E-state index contributed by atoms with van der Waals surface area (Å²) in [5.41, 5.74) is 3.05. The quantitative estimate of drug-likeness (QED) is 0.706. The molecule has 0 saturated carbocycles. The Kier molecular flexibility index (Phi) is 2.87. The maximum absolute atomic E-state index is 2.58. The Bertz CT molecular complexity index is 281. The third-order valence-corrected chi connectivity index (χ3v) is 3.20. The van der Waals surface area contributed by atoms with Crippen LogP contribution in [0.5, 0.6) is 0 Å². The molecule has 0 amide bonds. The molecule has 0 aliphatic carbocycles. The Morgan fingerprint density at radius 1 is 1.21 bits per heavy atom. The topological polar surface area (TPSA) is 3.24 Å². The smallest absolute Gasteiger partial charge is 0.0243 e. The van der Waals surface area contributed by atoms with Crippen LogP contribution in [0.15, 0.2) is 24.3 Å². The van der Waals surface area contributed by atoms with Gasteiger partial charge in [-0.05, 0) is 24.5 Å². The first-order valence-electron chi connectivity index (χ1n) is 5.62. The molecule has 1 aromatic carbocycles. The number of nitrogens with zero attached hydrogens (tertiary/aromatic N) is 1. The van der Waals surface area contributed by atoms with E-state index in [1.807, 2.05) is 0 Å². The molecule has 1 unspecified atom stereocenters. The van der Waals surface area contributed by atoms with Crippen LogP contribution in [0, 0.1) is 0 Å². The molecule has 0 saturated heterocycles. The summed E-state index contributed by atoms with van der Waals surface area (Å²) in [4.78, 5) is 2.58. The second-order valence-corrected chi connectivity index (χ2v) is 4.31. The molecule has 2 rings (SSSR count). The van der Waals surface area contributed by atoms with Crippen molar-refractivity contribution in [1.82, 2.24) is 4.90 Å². The number of rotatable bonds is 3. The SMILES string of the molecule is CCCC(C)N1Cc2ccccc2C1. The van der Waals surface area contributed by atoms with Crippen LogP contribution in [0.1, 0.15) is 37.8 Å². The Balaban J connectivity index is 2.04. The van der Waals surface area contributed by atoms with Gasteiger partial charge < -0.3 is 0 Å². The van der Waals surface area contributed by atoms with E-state index in [4.69, 9.17) is 0 Å². The Hall–Kier alpha value is -0.820. The van der Waals surface area contributed by atoms with Crippen LogP contribution in [-0.4, -0.2) is 10.9 Å². The first-order valence-corrected chi connectivity index (χ1v) is 5.62. The van der Waals surface area contributed by atoms with Crippen LogP contribution in [-0.2, 0) is 13.1 Å². The fraction of sp³-hybridized carbons (Fsp3) is 0.538. The van der Waals surface area contributed by atoms with Crippen LogP contribution >= 0.6 is 0 Å². The van der Waals surface area contributed by atoms with Crippen molar-refractivity contribution in [2.45, 2.75) is 45.8 Å². The second-order valence-electron chi connectivity index (χ2n) is 4.31. The average molecular weight is 189 g/mol. The van der Waals surface area contributed by atoms with E-state index >= 15 is 0 Å². The maximum Gasteiger partial charge on any atom is 0.0243 e. The van der Waals surface area contributed by atoms with E-state index < -0.39 is 0 Å². The minimum Gasteiger partial charge on any atom is -0.292 e. The van der Waals surface area contributed by atoms with E-state index in [2.05, 4.69) is 43.0 Å². The zero-order chi connectivity index (χ0) is 9.97. The fourth-order valence-corrected chi connectivity index (χ4v) is 2.27. The molecule has 0 radical (unpaired) electrons. The number of hydrogen-bond acceptors (Lipinski definition) is 1. The number of fused-ring (bicyclic) bond motifs is 1. The first-order chi connectivity index (χ1) is 6.81. The molecule has 76 valence electrons. The van der Waals surface area contributed by atoms with Crippen LogP contribution < -0.4 is 0 Å². The molecule has 0 bridgehead atoms. The third-order valence-electron chi connectivity index (χ3n) is 3.20. The van der Waals surface area contributed by atoms with Gasteiger partial charge in [-0.25, -0.2) is 0 Å². The lowest BCUT2D eigenvalue weighted by Gasteiger charge is -2.23. The average Bonchev–Trinajstić information content (AvgIpc) is 2.61. The van der Waals surface area contributed by atoms with E-state index in [0.717, 1.165) is 19.1 Å². The minimum atomic E-state index is 0.729. The molecule has 1 atom stereocenters. The first kappa shape index (κ1) is 9.72. The van der Waals surface area contributed by atoms with Crippen LogP contribution in [0.2, 0.25) is 0 Å². The lowest BCUT2D eigenvalue weighted by molar-refractivity contribution is 0.202. The normalized spacial score (nSPS) is 18.1. The highest BCUT2D eigenvalue weighted by Gasteiger charge is 2.21. The summed E-state index contributed by atoms with van der Waals surface area (Å²) in [6, 6.07) is 9.54. The zero-order valence-electron chi connectivity index (χ0n) is 9.16. The molecule has 14 heavy (non-hydrogen) atoms. The monoisotopic (exact) mass is 189 g/mol. The van der Waals surface area contributed by atoms with Gasteiger partial charge in [0.05, 0.1) is 0 Å². The van der Waals surface area contributed by atoms with Gasteiger partial charge in [-0.15, -0.1) is 0 Å². The molecule has 1 heterocycles. The van der Waals surface area contributed by atoms with Crippen LogP contribution in [0.4, 0.5) is 0 Å². The van der Waals surface area contributed by atoms with E-state index in [9.17, 15) is 0 Å². The molecule has 1 nitrogen and oxygen atoms in total. The molecule has 0 N–H and O–H groups in total. The second kappa shape index (κ2) is 4.14. The van der Waals surface area contributed by atoms with Crippen LogP contribution in [0.25, 0.3) is 0 Å². The molecule has 0 fully saturated rings. The van der Waals surface area contributed by atoms with E-state index in [-0.39, 0.29) is 0 Å². The van der Waals surface area contributed by atoms with Gasteiger partial charge in [0, 0.05) is 19.1 Å². The van der Waals surface area contributed by atoms with Crippen molar-refractivity contribution in [2.75, 3.05) is 0 Å². The predicted octanol–water partition coefficient (Wildman–Crippen LogP) is 3.19. The third kappa shape index (κ3) is 1.83. The summed E-state index contributed by atoms with van der Waals surface area (Å²) >= 11 is 0. The van der Waals surface area contributed by atoms with Crippen molar-refractivity contribution < 1.29 is 0 Å². The Labute approximate surface area is 86.7 Å². The molecular weight excluding hydrogens is 170 g/mol. The van der Waals surface area contributed by atoms with Crippen molar-refractivity contribution in [3.63, 3.8) is 0 Å². The standard InChI is InChI=1S/C13H19N/c1-3-6-11(2)14-9-12-7-4-5-8-13(12)10-14/h4-5,7-8,11H,3,6,9-10H2,1-2H3. The predicted molar refractivity (Wildman–Crippen MR) is 60.1 cm³/mol. The lowest BCUT2D eigenvalue weighted by atomic mass is 10.1. The van der Waals surface area contributed by atoms with Gasteiger partial charge in [0.25, 0.3) is 0 Å². The highest BCUT2D eigenvalue weighted by Crippen LogP contribution is 2.25. The lowest BCUT2D eigenvalue weighted by Crippen LogP contribution is -2.27. The van der Waals surface area contributed by atoms with Gasteiger partial charge in [-0.2, -0.15) is 0 Å². The fourth-order valence-electron chi connectivity index (χ4n) is 2.27. The number of hydrogen-bond donors (Lipinski definition) is 0. The van der Waals surface area contributed by atoms with Gasteiger partial charge >= 0.3 is 0 Å². The van der Waals surface area contributed by atoms with Gasteiger partial charge in [-0.1, -0.05) is 37.6 Å².